The first kappa shape index (κ1) is 34.0. The number of rotatable bonds is 5. The predicted molar refractivity (Wildman–Crippen MR) is 195 cm³/mol. The highest BCUT2D eigenvalue weighted by molar-refractivity contribution is 8.32. The fourth-order valence-electron chi connectivity index (χ4n) is 7.65. The Hall–Kier alpha value is -4.51. The Morgan fingerprint density at radius 2 is 1.24 bits per heavy atom. The number of amides is 2. The van der Waals surface area contributed by atoms with Gasteiger partial charge in [0.05, 0.1) is 23.0 Å². The van der Waals surface area contributed by atoms with Gasteiger partial charge in [-0.25, -0.2) is 9.59 Å². The van der Waals surface area contributed by atoms with Crippen molar-refractivity contribution in [3.05, 3.63) is 82.4 Å². The second-order valence-electron chi connectivity index (χ2n) is 15.7. The van der Waals surface area contributed by atoms with Crippen molar-refractivity contribution >= 4 is 45.2 Å². The number of ether oxygens (including phenoxy) is 2. The van der Waals surface area contributed by atoms with Gasteiger partial charge in [0.1, 0.15) is 5.60 Å². The first-order valence-electron chi connectivity index (χ1n) is 17.0. The molecule has 2 amide bonds. The number of hydrogen-bond donors (Lipinski definition) is 0. The highest BCUT2D eigenvalue weighted by Gasteiger charge is 2.55. The molecule has 10 nitrogen and oxygen atoms in total. The van der Waals surface area contributed by atoms with E-state index in [9.17, 15) is 19.2 Å². The van der Waals surface area contributed by atoms with Gasteiger partial charge < -0.3 is 29.1 Å². The predicted octanol–water partition coefficient (Wildman–Crippen LogP) is 4.95. The van der Waals surface area contributed by atoms with Gasteiger partial charge in [0, 0.05) is 92.2 Å². The highest BCUT2D eigenvalue weighted by Crippen LogP contribution is 2.69. The number of hydrogen-bond acceptors (Lipinski definition) is 8. The molecule has 264 valence electrons. The van der Waals surface area contributed by atoms with Crippen molar-refractivity contribution in [1.29, 1.82) is 0 Å². The average Bonchev–Trinajstić information content (AvgIpc) is 3.29. The van der Waals surface area contributed by atoms with Crippen LogP contribution in [0.25, 0.3) is 0 Å². The van der Waals surface area contributed by atoms with E-state index in [1.807, 2.05) is 20.8 Å². The van der Waals surface area contributed by atoms with Crippen molar-refractivity contribution in [2.24, 2.45) is 11.8 Å². The number of carbonyl (C=O) groups is 4. The van der Waals surface area contributed by atoms with Gasteiger partial charge in [0.2, 0.25) is 11.8 Å². The van der Waals surface area contributed by atoms with E-state index in [0.717, 1.165) is 32.3 Å². The van der Waals surface area contributed by atoms with E-state index in [2.05, 4.69) is 58.7 Å². The number of benzene rings is 3. The van der Waals surface area contributed by atoms with E-state index >= 15 is 0 Å². The van der Waals surface area contributed by atoms with Crippen LogP contribution in [0, 0.1) is 11.8 Å². The third kappa shape index (κ3) is 5.23. The summed E-state index contributed by atoms with van der Waals surface area (Å²) in [7, 11) is 5.46. The van der Waals surface area contributed by atoms with Crippen LogP contribution < -0.4 is 9.80 Å². The molecular weight excluding hydrogens is 653 g/mol. The minimum atomic E-state index is -1.69. The zero-order valence-corrected chi connectivity index (χ0v) is 31.1. The first-order valence-corrected chi connectivity index (χ1v) is 19.4. The van der Waals surface area contributed by atoms with Crippen LogP contribution in [0.15, 0.2) is 64.4 Å². The van der Waals surface area contributed by atoms with E-state index < -0.39 is 33.2 Å². The van der Waals surface area contributed by atoms with Crippen LogP contribution in [0.4, 0.5) is 11.4 Å². The fourth-order valence-corrected chi connectivity index (χ4v) is 10.2. The van der Waals surface area contributed by atoms with Gasteiger partial charge in [-0.05, 0) is 75.7 Å². The number of carbonyl (C=O) groups excluding carboxylic acids is 4. The number of fused-ring (bicyclic) bond motifs is 6. The molecule has 50 heavy (non-hydrogen) atoms. The van der Waals surface area contributed by atoms with Crippen molar-refractivity contribution in [3.63, 3.8) is 0 Å². The average molecular weight is 699 g/mol. The lowest BCUT2D eigenvalue weighted by Gasteiger charge is -2.49. The molecule has 1 spiro atoms. The zero-order valence-electron chi connectivity index (χ0n) is 30.3. The summed E-state index contributed by atoms with van der Waals surface area (Å²) < 4.78 is 12.3. The minimum absolute atomic E-state index is 0.0512. The van der Waals surface area contributed by atoms with Gasteiger partial charge in [0.25, 0.3) is 0 Å². The van der Waals surface area contributed by atoms with E-state index in [1.54, 1.807) is 56.2 Å². The smallest absolute Gasteiger partial charge is 0.340 e. The molecule has 0 aliphatic carbocycles. The van der Waals surface area contributed by atoms with E-state index in [4.69, 9.17) is 9.47 Å². The molecule has 0 aromatic heterocycles. The van der Waals surface area contributed by atoms with Crippen LogP contribution in [0.1, 0.15) is 58.2 Å². The van der Waals surface area contributed by atoms with Crippen LogP contribution in [-0.2, 0) is 24.7 Å². The molecular formula is C39H46N4O6S. The maximum atomic E-state index is 13.8. The molecule has 2 fully saturated rings. The van der Waals surface area contributed by atoms with Crippen molar-refractivity contribution in [2.75, 3.05) is 76.7 Å². The lowest BCUT2D eigenvalue weighted by Crippen LogP contribution is -2.53. The van der Waals surface area contributed by atoms with Gasteiger partial charge in [-0.1, -0.05) is 12.1 Å². The third-order valence-electron chi connectivity index (χ3n) is 10.4. The van der Waals surface area contributed by atoms with Crippen LogP contribution in [0.2, 0.25) is 0 Å². The summed E-state index contributed by atoms with van der Waals surface area (Å²) in [5.41, 5.74) is 3.18. The molecule has 0 atom stereocenters. The molecule has 0 saturated carbocycles. The topological polar surface area (TPSA) is 99.7 Å². The molecule has 3 aromatic carbocycles. The largest absolute Gasteiger partial charge is 0.456 e. The number of esters is 2. The molecule has 0 radical (unpaired) electrons. The standard InChI is InChI=1S/C39H46N4O6S/c1-38(2,3)48-36(46)23-10-13-28-31(16-23)39(49-37(28)47)29-14-11-26(42-19-24(20-42)34(44)40(4)5)17-32(29)50(8,9)33-18-27(12-15-30(33)39)43-21-25(22-43)35(45)41(6)7/h10-18,24-25H,19-22H2,1-9H3. The monoisotopic (exact) mass is 698 g/mol. The van der Waals surface area contributed by atoms with Crippen LogP contribution in [0.3, 0.4) is 0 Å². The number of anilines is 2. The second kappa shape index (κ2) is 11.5. The molecule has 0 unspecified atom stereocenters. The molecule has 4 aliphatic heterocycles. The van der Waals surface area contributed by atoms with Gasteiger partial charge in [0.15, 0.2) is 5.60 Å². The normalized spacial score (nSPS) is 19.3. The molecule has 4 aliphatic rings. The first-order chi connectivity index (χ1) is 23.4. The van der Waals surface area contributed by atoms with E-state index in [0.29, 0.717) is 42.9 Å². The van der Waals surface area contributed by atoms with Gasteiger partial charge >= 0.3 is 11.9 Å². The number of nitrogens with zero attached hydrogens (tertiary/aromatic N) is 4. The van der Waals surface area contributed by atoms with E-state index in [-0.39, 0.29) is 23.7 Å². The summed E-state index contributed by atoms with van der Waals surface area (Å²) >= 11 is 0. The van der Waals surface area contributed by atoms with Gasteiger partial charge in [-0.3, -0.25) is 9.59 Å². The third-order valence-corrected chi connectivity index (χ3v) is 13.2. The highest BCUT2D eigenvalue weighted by atomic mass is 32.3. The summed E-state index contributed by atoms with van der Waals surface area (Å²) in [6, 6.07) is 17.7. The van der Waals surface area contributed by atoms with Crippen LogP contribution in [-0.4, -0.2) is 106 Å². The summed E-state index contributed by atoms with van der Waals surface area (Å²) in [5.74, 6) is -0.768. The van der Waals surface area contributed by atoms with Crippen LogP contribution >= 0.6 is 10.0 Å². The Morgan fingerprint density at radius 1 is 0.760 bits per heavy atom. The molecule has 4 heterocycles. The van der Waals surface area contributed by atoms with Crippen molar-refractivity contribution in [1.82, 2.24) is 9.80 Å². The van der Waals surface area contributed by atoms with Crippen LogP contribution in [0.5, 0.6) is 0 Å². The van der Waals surface area contributed by atoms with Gasteiger partial charge in [-0.15, -0.1) is 0 Å². The Kier molecular flexibility index (Phi) is 7.82. The summed E-state index contributed by atoms with van der Waals surface area (Å²) in [6.45, 7) is 8.02. The minimum Gasteiger partial charge on any atom is -0.456 e. The van der Waals surface area contributed by atoms with Crippen molar-refractivity contribution < 1.29 is 28.7 Å². The fraction of sp³-hybridized carbons (Fsp3) is 0.436. The molecule has 7 rings (SSSR count). The lowest BCUT2D eigenvalue weighted by atomic mass is 9.78. The zero-order chi connectivity index (χ0) is 36.1. The summed E-state index contributed by atoms with van der Waals surface area (Å²) in [6.07, 6.45) is 4.53. The molecule has 2 saturated heterocycles. The lowest BCUT2D eigenvalue weighted by molar-refractivity contribution is -0.134. The second-order valence-corrected chi connectivity index (χ2v) is 19.2. The maximum Gasteiger partial charge on any atom is 0.340 e. The van der Waals surface area contributed by atoms with E-state index in [1.165, 1.54) is 0 Å². The Bertz CT molecular complexity index is 1860. The van der Waals surface area contributed by atoms with Gasteiger partial charge in [-0.2, -0.15) is 10.0 Å². The molecule has 3 aromatic rings. The molecule has 0 bridgehead atoms. The quantitative estimate of drug-likeness (QED) is 0.346. The summed E-state index contributed by atoms with van der Waals surface area (Å²) in [5, 5.41) is 0. The SMILES string of the molecule is CN(C)C(=O)C1CN(c2ccc3c(c2)S(C)(C)c2cc(N4CC(C(=O)N(C)C)C4)ccc2C32OC(=O)c3ccc(C(=O)OC(C)(C)C)cc32)C1. The molecule has 11 heteroatoms. The molecule has 0 N–H and O–H groups in total. The Morgan fingerprint density at radius 3 is 1.68 bits per heavy atom. The summed E-state index contributed by atoms with van der Waals surface area (Å²) in [4.78, 5) is 62.3. The van der Waals surface area contributed by atoms with Crippen molar-refractivity contribution in [2.45, 2.75) is 41.8 Å². The Labute approximate surface area is 295 Å². The maximum absolute atomic E-state index is 13.8. The Balaban J connectivity index is 1.36. The van der Waals surface area contributed by atoms with Crippen molar-refractivity contribution in [3.8, 4) is 0 Å².